The van der Waals surface area contributed by atoms with Crippen LogP contribution in [0.25, 0.3) is 12.2 Å². The molecule has 1 heterocycles. The second-order valence-electron chi connectivity index (χ2n) is 8.00. The first kappa shape index (κ1) is 23.9. The number of hydrogen-bond acceptors (Lipinski definition) is 4. The minimum absolute atomic E-state index is 0.212. The van der Waals surface area contributed by atoms with Crippen molar-refractivity contribution in [2.24, 2.45) is 0 Å². The molecule has 0 aliphatic heterocycles. The normalized spacial score (nSPS) is 11.4. The van der Waals surface area contributed by atoms with E-state index in [0.29, 0.717) is 16.9 Å². The van der Waals surface area contributed by atoms with Crippen molar-refractivity contribution in [1.29, 1.82) is 0 Å². The number of aryl methyl sites for hydroxylation is 1. The third-order valence-electron chi connectivity index (χ3n) is 5.45. The summed E-state index contributed by atoms with van der Waals surface area (Å²) < 4.78 is 27.0. The maximum Gasteiger partial charge on any atom is 0.264 e. The van der Waals surface area contributed by atoms with Gasteiger partial charge in [0.25, 0.3) is 15.9 Å². The Morgan fingerprint density at radius 3 is 2.31 bits per heavy atom. The van der Waals surface area contributed by atoms with Crippen LogP contribution >= 0.6 is 0 Å². The average Bonchev–Trinajstić information content (AvgIpc) is 2.88. The molecular formula is C28H25N3O3S. The molecule has 3 aromatic carbocycles. The molecule has 0 saturated carbocycles. The first-order valence-corrected chi connectivity index (χ1v) is 12.4. The van der Waals surface area contributed by atoms with Gasteiger partial charge in [0.2, 0.25) is 0 Å². The van der Waals surface area contributed by atoms with Crippen molar-refractivity contribution >= 4 is 39.5 Å². The van der Waals surface area contributed by atoms with Gasteiger partial charge in [-0.1, -0.05) is 42.0 Å². The Bertz CT molecular complexity index is 1450. The van der Waals surface area contributed by atoms with Crippen LogP contribution in [-0.4, -0.2) is 26.4 Å². The molecule has 35 heavy (non-hydrogen) atoms. The molecule has 1 aromatic heterocycles. The molecular weight excluding hydrogens is 458 g/mol. The molecule has 1 amide bonds. The lowest BCUT2D eigenvalue weighted by Crippen LogP contribution is -2.26. The van der Waals surface area contributed by atoms with Crippen molar-refractivity contribution in [3.63, 3.8) is 0 Å². The zero-order valence-electron chi connectivity index (χ0n) is 19.4. The number of nitrogens with one attached hydrogen (secondary N) is 1. The number of amides is 1. The van der Waals surface area contributed by atoms with Crippen molar-refractivity contribution < 1.29 is 13.2 Å². The van der Waals surface area contributed by atoms with E-state index in [9.17, 15) is 13.2 Å². The quantitative estimate of drug-likeness (QED) is 0.369. The molecule has 0 atom stereocenters. The Morgan fingerprint density at radius 1 is 0.886 bits per heavy atom. The van der Waals surface area contributed by atoms with Crippen LogP contribution in [0.3, 0.4) is 0 Å². The van der Waals surface area contributed by atoms with Gasteiger partial charge >= 0.3 is 0 Å². The van der Waals surface area contributed by atoms with Gasteiger partial charge in [-0.05, 0) is 79.2 Å². The van der Waals surface area contributed by atoms with E-state index in [4.69, 9.17) is 0 Å². The van der Waals surface area contributed by atoms with Gasteiger partial charge in [0.1, 0.15) is 0 Å². The molecule has 1 N–H and O–H groups in total. The molecule has 0 fully saturated rings. The highest BCUT2D eigenvalue weighted by Crippen LogP contribution is 2.23. The third kappa shape index (κ3) is 5.83. The second kappa shape index (κ2) is 10.4. The van der Waals surface area contributed by atoms with Crippen LogP contribution in [0.1, 0.15) is 27.2 Å². The summed E-state index contributed by atoms with van der Waals surface area (Å²) in [5.41, 5.74) is 4.29. The fourth-order valence-electron chi connectivity index (χ4n) is 3.41. The Labute approximate surface area is 205 Å². The minimum atomic E-state index is -3.70. The van der Waals surface area contributed by atoms with E-state index in [1.54, 1.807) is 54.7 Å². The van der Waals surface area contributed by atoms with E-state index in [1.807, 2.05) is 61.5 Å². The Balaban J connectivity index is 1.45. The zero-order chi connectivity index (χ0) is 24.8. The van der Waals surface area contributed by atoms with Crippen molar-refractivity contribution in [1.82, 2.24) is 4.98 Å². The molecule has 0 radical (unpaired) electrons. The highest BCUT2D eigenvalue weighted by molar-refractivity contribution is 7.92. The summed E-state index contributed by atoms with van der Waals surface area (Å²) in [6, 6.07) is 26.3. The van der Waals surface area contributed by atoms with Gasteiger partial charge in [-0.3, -0.25) is 14.1 Å². The van der Waals surface area contributed by atoms with E-state index in [0.717, 1.165) is 16.8 Å². The number of benzene rings is 3. The van der Waals surface area contributed by atoms with Crippen LogP contribution in [0.15, 0.2) is 102 Å². The number of pyridine rings is 1. The summed E-state index contributed by atoms with van der Waals surface area (Å²) in [5, 5.41) is 2.89. The molecule has 0 aliphatic rings. The third-order valence-corrected chi connectivity index (χ3v) is 7.25. The smallest absolute Gasteiger partial charge is 0.264 e. The van der Waals surface area contributed by atoms with Crippen molar-refractivity contribution in [2.45, 2.75) is 11.8 Å². The first-order valence-electron chi connectivity index (χ1n) is 11.0. The van der Waals surface area contributed by atoms with Gasteiger partial charge in [-0.2, -0.15) is 0 Å². The van der Waals surface area contributed by atoms with Gasteiger partial charge in [-0.25, -0.2) is 8.42 Å². The number of anilines is 2. The monoisotopic (exact) mass is 483 g/mol. The number of aromatic nitrogens is 1. The van der Waals surface area contributed by atoms with Crippen molar-refractivity contribution in [3.8, 4) is 0 Å². The van der Waals surface area contributed by atoms with Crippen LogP contribution in [0.5, 0.6) is 0 Å². The van der Waals surface area contributed by atoms with Gasteiger partial charge in [0.15, 0.2) is 0 Å². The van der Waals surface area contributed by atoms with Crippen LogP contribution in [0.4, 0.5) is 11.4 Å². The molecule has 4 aromatic rings. The summed E-state index contributed by atoms with van der Waals surface area (Å²) in [4.78, 5) is 17.2. The number of hydrogen-bond donors (Lipinski definition) is 1. The number of rotatable bonds is 7. The zero-order valence-corrected chi connectivity index (χ0v) is 20.2. The van der Waals surface area contributed by atoms with Gasteiger partial charge in [-0.15, -0.1) is 0 Å². The first-order chi connectivity index (χ1) is 16.8. The molecule has 0 aliphatic carbocycles. The molecule has 176 valence electrons. The Hall–Kier alpha value is -4.23. The summed E-state index contributed by atoms with van der Waals surface area (Å²) in [6.45, 7) is 1.90. The molecule has 6 nitrogen and oxygen atoms in total. The van der Waals surface area contributed by atoms with Crippen molar-refractivity contribution in [2.75, 3.05) is 16.7 Å². The Morgan fingerprint density at radius 2 is 1.63 bits per heavy atom. The van der Waals surface area contributed by atoms with Crippen molar-refractivity contribution in [3.05, 3.63) is 120 Å². The topological polar surface area (TPSA) is 79.4 Å². The molecule has 0 bridgehead atoms. The maximum atomic E-state index is 12.9. The Kier molecular flexibility index (Phi) is 7.08. The molecule has 0 spiro atoms. The summed E-state index contributed by atoms with van der Waals surface area (Å²) in [6.07, 6.45) is 5.56. The lowest BCUT2D eigenvalue weighted by atomic mass is 10.1. The van der Waals surface area contributed by atoms with Crippen LogP contribution in [0, 0.1) is 6.92 Å². The van der Waals surface area contributed by atoms with E-state index in [-0.39, 0.29) is 10.8 Å². The highest BCUT2D eigenvalue weighted by atomic mass is 32.2. The summed E-state index contributed by atoms with van der Waals surface area (Å²) in [7, 11) is -2.20. The number of nitrogens with zero attached hydrogens (tertiary/aromatic N) is 2. The van der Waals surface area contributed by atoms with Crippen LogP contribution < -0.4 is 9.62 Å². The molecule has 7 heteroatoms. The van der Waals surface area contributed by atoms with E-state index in [1.165, 1.54) is 11.4 Å². The van der Waals surface area contributed by atoms with Gasteiger partial charge < -0.3 is 5.32 Å². The lowest BCUT2D eigenvalue weighted by Gasteiger charge is -2.20. The van der Waals surface area contributed by atoms with E-state index in [2.05, 4.69) is 10.3 Å². The highest BCUT2D eigenvalue weighted by Gasteiger charge is 2.21. The number of sulfonamides is 1. The average molecular weight is 484 g/mol. The van der Waals surface area contributed by atoms with E-state index >= 15 is 0 Å². The largest absolute Gasteiger partial charge is 0.322 e. The molecule has 0 saturated heterocycles. The maximum absolute atomic E-state index is 12.9. The SMILES string of the molecule is Cc1ccc(S(=O)(=O)N(C)c2ccc(C(=O)Nc3cccc(/C=C/c4ccccn4)c3)cc2)cc1. The molecule has 4 rings (SSSR count). The lowest BCUT2D eigenvalue weighted by molar-refractivity contribution is 0.102. The number of carbonyl (C=O) groups excluding carboxylic acids is 1. The standard InChI is InChI=1S/C28H25N3O3S/c1-21-9-17-27(18-10-21)35(33,34)31(2)26-15-12-23(13-16-26)28(32)30-25-8-5-6-22(20-25)11-14-24-7-3-4-19-29-24/h3-20H,1-2H3,(H,30,32)/b14-11+. The van der Waals surface area contributed by atoms with Crippen LogP contribution in [0.2, 0.25) is 0 Å². The second-order valence-corrected chi connectivity index (χ2v) is 9.97. The minimum Gasteiger partial charge on any atom is -0.322 e. The van der Waals surface area contributed by atoms with E-state index < -0.39 is 10.0 Å². The van der Waals surface area contributed by atoms with Crippen LogP contribution in [-0.2, 0) is 10.0 Å². The number of carbonyl (C=O) groups is 1. The molecule has 0 unspecified atom stereocenters. The predicted molar refractivity (Wildman–Crippen MR) is 141 cm³/mol. The summed E-state index contributed by atoms with van der Waals surface area (Å²) >= 11 is 0. The van der Waals surface area contributed by atoms with Gasteiger partial charge in [0.05, 0.1) is 16.3 Å². The fraction of sp³-hybridized carbons (Fsp3) is 0.0714. The fourth-order valence-corrected chi connectivity index (χ4v) is 4.60. The summed E-state index contributed by atoms with van der Waals surface area (Å²) in [5.74, 6) is -0.286. The predicted octanol–water partition coefficient (Wildman–Crippen LogP) is 5.64. The van der Waals surface area contributed by atoms with Gasteiger partial charge in [0, 0.05) is 24.5 Å².